The smallest absolute Gasteiger partial charge is 0.291 e. The molecule has 0 radical (unpaired) electrons. The minimum absolute atomic E-state index is 0.0332. The largest absolute Gasteiger partial charge is 0.297 e. The van der Waals surface area contributed by atoms with E-state index in [1.165, 1.54) is 0 Å². The van der Waals surface area contributed by atoms with E-state index >= 15 is 0 Å². The highest BCUT2D eigenvalue weighted by molar-refractivity contribution is 5.89. The van der Waals surface area contributed by atoms with Gasteiger partial charge in [-0.1, -0.05) is 0 Å². The van der Waals surface area contributed by atoms with Gasteiger partial charge < -0.3 is 0 Å². The maximum Gasteiger partial charge on any atom is 0.291 e. The van der Waals surface area contributed by atoms with Gasteiger partial charge in [0.2, 0.25) is 0 Å². The third-order valence-corrected chi connectivity index (χ3v) is 2.05. The van der Waals surface area contributed by atoms with Gasteiger partial charge >= 0.3 is 0 Å². The average Bonchev–Trinajstić information content (AvgIpc) is 2.59. The van der Waals surface area contributed by atoms with Crippen LogP contribution in [-0.4, -0.2) is 20.0 Å². The van der Waals surface area contributed by atoms with Crippen LogP contribution in [0, 0.1) is 20.2 Å². The molecule has 0 fully saturated rings. The maximum atomic E-state index is 11.2. The fourth-order valence-electron chi connectivity index (χ4n) is 1.39. The summed E-state index contributed by atoms with van der Waals surface area (Å²) in [5.41, 5.74) is -1.69. The van der Waals surface area contributed by atoms with Crippen LogP contribution in [-0.2, 0) is 0 Å². The predicted octanol–water partition coefficient (Wildman–Crippen LogP) is 0.673. The molecule has 0 aliphatic rings. The molecule has 0 spiro atoms. The Morgan fingerprint density at radius 2 is 1.75 bits per heavy atom. The highest BCUT2D eigenvalue weighted by atomic mass is 16.6. The van der Waals surface area contributed by atoms with Crippen molar-refractivity contribution in [3.8, 4) is 0 Å². The van der Waals surface area contributed by atoms with Crippen LogP contribution in [0.4, 0.5) is 11.4 Å². The summed E-state index contributed by atoms with van der Waals surface area (Å²) < 4.78 is 0. The van der Waals surface area contributed by atoms with Crippen molar-refractivity contribution in [2.45, 2.75) is 0 Å². The van der Waals surface area contributed by atoms with Gasteiger partial charge in [-0.2, -0.15) is 0 Å². The van der Waals surface area contributed by atoms with Gasteiger partial charge in [-0.15, -0.1) is 0 Å². The molecule has 0 aliphatic heterocycles. The minimum atomic E-state index is -0.835. The number of H-pyrrole nitrogens is 2. The van der Waals surface area contributed by atoms with Gasteiger partial charge in [0.15, 0.2) is 0 Å². The van der Waals surface area contributed by atoms with Gasteiger partial charge in [0.1, 0.15) is 5.39 Å². The van der Waals surface area contributed by atoms with Crippen LogP contribution in [0.15, 0.2) is 16.9 Å². The third kappa shape index (κ3) is 1.30. The Labute approximate surface area is 86.0 Å². The molecule has 16 heavy (non-hydrogen) atoms. The molecule has 2 aromatic rings. The van der Waals surface area contributed by atoms with Crippen LogP contribution in [0.5, 0.6) is 0 Å². The molecule has 0 unspecified atom stereocenters. The second kappa shape index (κ2) is 3.15. The van der Waals surface area contributed by atoms with Crippen molar-refractivity contribution < 1.29 is 9.85 Å². The van der Waals surface area contributed by atoms with Crippen molar-refractivity contribution in [3.05, 3.63) is 42.7 Å². The second-order valence-corrected chi connectivity index (χ2v) is 2.98. The molecular formula is C7H4N4O5. The fraction of sp³-hybridized carbons (Fsp3) is 0. The number of benzene rings is 1. The van der Waals surface area contributed by atoms with Crippen molar-refractivity contribution in [1.29, 1.82) is 0 Å². The average molecular weight is 224 g/mol. The summed E-state index contributed by atoms with van der Waals surface area (Å²) in [6.07, 6.45) is 0. The van der Waals surface area contributed by atoms with E-state index < -0.39 is 26.8 Å². The van der Waals surface area contributed by atoms with Gasteiger partial charge in [0, 0.05) is 6.07 Å². The molecular weight excluding hydrogens is 220 g/mol. The van der Waals surface area contributed by atoms with Crippen LogP contribution in [0.2, 0.25) is 0 Å². The molecule has 0 amide bonds. The van der Waals surface area contributed by atoms with Gasteiger partial charge in [-0.05, 0) is 0 Å². The summed E-state index contributed by atoms with van der Waals surface area (Å²) in [5, 5.41) is 25.4. The van der Waals surface area contributed by atoms with E-state index in [2.05, 4.69) is 10.2 Å². The van der Waals surface area contributed by atoms with Crippen molar-refractivity contribution in [3.63, 3.8) is 0 Å². The number of aromatic nitrogens is 2. The zero-order valence-electron chi connectivity index (χ0n) is 7.59. The van der Waals surface area contributed by atoms with E-state index in [4.69, 9.17) is 0 Å². The number of fused-ring (bicyclic) bond motifs is 1. The Kier molecular flexibility index (Phi) is 1.94. The molecule has 2 rings (SSSR count). The number of rotatable bonds is 2. The number of aromatic amines is 2. The maximum absolute atomic E-state index is 11.2. The monoisotopic (exact) mass is 224 g/mol. The number of nitro benzene ring substituents is 2. The molecule has 1 aromatic carbocycles. The fourth-order valence-corrected chi connectivity index (χ4v) is 1.39. The van der Waals surface area contributed by atoms with Crippen molar-refractivity contribution in [2.24, 2.45) is 0 Å². The van der Waals surface area contributed by atoms with Crippen LogP contribution in [0.3, 0.4) is 0 Å². The summed E-state index contributed by atoms with van der Waals surface area (Å²) in [6.45, 7) is 0. The molecule has 0 bridgehead atoms. The molecule has 0 saturated heterocycles. The van der Waals surface area contributed by atoms with E-state index in [-0.39, 0.29) is 10.9 Å². The number of nitro groups is 2. The zero-order chi connectivity index (χ0) is 11.9. The molecule has 0 atom stereocenters. The Morgan fingerprint density at radius 3 is 2.31 bits per heavy atom. The van der Waals surface area contributed by atoms with E-state index in [1.807, 2.05) is 0 Å². The normalized spacial score (nSPS) is 10.5. The summed E-state index contributed by atoms with van der Waals surface area (Å²) in [4.78, 5) is 30.8. The Hall–Kier alpha value is -2.71. The van der Waals surface area contributed by atoms with Crippen molar-refractivity contribution in [1.82, 2.24) is 10.2 Å². The van der Waals surface area contributed by atoms with E-state index in [0.717, 1.165) is 12.1 Å². The zero-order valence-corrected chi connectivity index (χ0v) is 7.59. The van der Waals surface area contributed by atoms with Crippen LogP contribution >= 0.6 is 0 Å². The first-order chi connectivity index (χ1) is 7.50. The molecule has 9 nitrogen and oxygen atoms in total. The van der Waals surface area contributed by atoms with Gasteiger partial charge in [0.25, 0.3) is 16.9 Å². The lowest BCUT2D eigenvalue weighted by Gasteiger charge is -1.93. The summed E-state index contributed by atoms with van der Waals surface area (Å²) >= 11 is 0. The number of nitrogens with one attached hydrogen (secondary N) is 2. The summed E-state index contributed by atoms with van der Waals surface area (Å²) in [6, 6.07) is 1.81. The van der Waals surface area contributed by atoms with Gasteiger partial charge in [-0.25, -0.2) is 0 Å². The SMILES string of the molecule is O=c1[nH][nH]c2cc([N+](=O)[O-])cc([N+](=O)[O-])c12. The first-order valence-electron chi connectivity index (χ1n) is 4.04. The second-order valence-electron chi connectivity index (χ2n) is 2.98. The van der Waals surface area contributed by atoms with Gasteiger partial charge in [-0.3, -0.25) is 35.2 Å². The van der Waals surface area contributed by atoms with Crippen LogP contribution in [0.1, 0.15) is 0 Å². The molecule has 0 aliphatic carbocycles. The number of hydrogen-bond acceptors (Lipinski definition) is 5. The number of non-ortho nitro benzene ring substituents is 2. The van der Waals surface area contributed by atoms with E-state index in [0.29, 0.717) is 0 Å². The molecule has 2 N–H and O–H groups in total. The lowest BCUT2D eigenvalue weighted by atomic mass is 10.2. The summed E-state index contributed by atoms with van der Waals surface area (Å²) in [7, 11) is 0. The van der Waals surface area contributed by atoms with Crippen LogP contribution in [0.25, 0.3) is 10.9 Å². The lowest BCUT2D eigenvalue weighted by Crippen LogP contribution is -2.01. The predicted molar refractivity (Wildman–Crippen MR) is 52.2 cm³/mol. The van der Waals surface area contributed by atoms with E-state index in [1.54, 1.807) is 0 Å². The molecule has 82 valence electrons. The standard InChI is InChI=1S/C7H4N4O5/c12-7-6-4(8-9-7)1-3(10(13)14)2-5(6)11(15)16/h1-2H,(H2,8,9,12). The Balaban J connectivity index is 2.92. The van der Waals surface area contributed by atoms with Crippen LogP contribution < -0.4 is 5.56 Å². The lowest BCUT2D eigenvalue weighted by molar-refractivity contribution is -0.393. The highest BCUT2D eigenvalue weighted by Crippen LogP contribution is 2.27. The molecule has 1 aromatic heterocycles. The molecule has 0 saturated carbocycles. The van der Waals surface area contributed by atoms with Gasteiger partial charge in [0.05, 0.1) is 21.4 Å². The third-order valence-electron chi connectivity index (χ3n) is 2.05. The number of nitrogens with zero attached hydrogens (tertiary/aromatic N) is 2. The minimum Gasteiger partial charge on any atom is -0.297 e. The van der Waals surface area contributed by atoms with E-state index in [9.17, 15) is 25.0 Å². The Morgan fingerprint density at radius 1 is 1.06 bits per heavy atom. The molecule has 1 heterocycles. The molecule has 9 heteroatoms. The highest BCUT2D eigenvalue weighted by Gasteiger charge is 2.22. The van der Waals surface area contributed by atoms with Crippen molar-refractivity contribution in [2.75, 3.05) is 0 Å². The quantitative estimate of drug-likeness (QED) is 0.570. The Bertz CT molecular complexity index is 654. The van der Waals surface area contributed by atoms with Crippen molar-refractivity contribution >= 4 is 22.3 Å². The topological polar surface area (TPSA) is 135 Å². The first-order valence-corrected chi connectivity index (χ1v) is 4.04. The summed E-state index contributed by atoms with van der Waals surface area (Å²) in [5.74, 6) is 0. The first kappa shape index (κ1) is 9.83. The number of hydrogen-bond donors (Lipinski definition) is 2.